The number of likely N-dealkylation sites (tertiary alicyclic amines) is 1. The molecule has 1 fully saturated rings. The maximum atomic E-state index is 12.1. The number of carbonyl (C=O) groups excluding carboxylic acids is 2. The molecule has 0 radical (unpaired) electrons. The van der Waals surface area contributed by atoms with Crippen LogP contribution in [0.4, 0.5) is 0 Å². The molecule has 2 rings (SSSR count). The Morgan fingerprint density at radius 3 is 2.38 bits per heavy atom. The lowest BCUT2D eigenvalue weighted by molar-refractivity contribution is -0.154. The molecule has 6 heteroatoms. The Hall–Kier alpha value is -2.55. The van der Waals surface area contributed by atoms with Crippen LogP contribution in [-0.2, 0) is 14.3 Å². The fourth-order valence-electron chi connectivity index (χ4n) is 2.91. The zero-order valence-electron chi connectivity index (χ0n) is 14.0. The van der Waals surface area contributed by atoms with Crippen LogP contribution in [0.15, 0.2) is 24.3 Å². The number of benzene rings is 1. The van der Waals surface area contributed by atoms with Crippen molar-refractivity contribution in [3.8, 4) is 11.8 Å². The normalized spacial score (nSPS) is 20.1. The number of hydrogen-bond acceptors (Lipinski definition) is 5. The van der Waals surface area contributed by atoms with Crippen molar-refractivity contribution in [1.29, 1.82) is 5.26 Å². The Morgan fingerprint density at radius 1 is 1.17 bits per heavy atom. The second-order valence-corrected chi connectivity index (χ2v) is 6.33. The summed E-state index contributed by atoms with van der Waals surface area (Å²) in [5, 5.41) is 8.71. The van der Waals surface area contributed by atoms with Gasteiger partial charge in [-0.3, -0.25) is 4.79 Å². The van der Waals surface area contributed by atoms with Gasteiger partial charge in [0.25, 0.3) is 5.91 Å². The summed E-state index contributed by atoms with van der Waals surface area (Å²) in [4.78, 5) is 25.6. The average molecular weight is 330 g/mol. The topological polar surface area (TPSA) is 79.6 Å². The molecule has 1 aromatic rings. The Morgan fingerprint density at radius 2 is 1.79 bits per heavy atom. The minimum absolute atomic E-state index is 0.167. The van der Waals surface area contributed by atoms with Crippen molar-refractivity contribution < 1.29 is 19.1 Å². The van der Waals surface area contributed by atoms with Gasteiger partial charge in [-0.05, 0) is 42.5 Å². The molecule has 0 saturated carbocycles. The van der Waals surface area contributed by atoms with Gasteiger partial charge in [-0.2, -0.15) is 5.26 Å². The van der Waals surface area contributed by atoms with Gasteiger partial charge in [-0.1, -0.05) is 13.8 Å². The van der Waals surface area contributed by atoms with Crippen molar-refractivity contribution in [2.24, 2.45) is 11.8 Å². The van der Waals surface area contributed by atoms with Crippen LogP contribution in [0.2, 0.25) is 0 Å². The van der Waals surface area contributed by atoms with Crippen molar-refractivity contribution in [2.45, 2.75) is 20.3 Å². The third kappa shape index (κ3) is 5.27. The number of hydrogen-bond donors (Lipinski definition) is 0. The number of rotatable bonds is 5. The van der Waals surface area contributed by atoms with E-state index in [1.54, 1.807) is 29.2 Å². The van der Waals surface area contributed by atoms with E-state index in [2.05, 4.69) is 13.8 Å². The number of amides is 1. The third-order valence-corrected chi connectivity index (χ3v) is 3.92. The molecule has 0 spiro atoms. The monoisotopic (exact) mass is 330 g/mol. The lowest BCUT2D eigenvalue weighted by Crippen LogP contribution is -2.44. The number of nitriles is 1. The van der Waals surface area contributed by atoms with Gasteiger partial charge in [0.1, 0.15) is 5.75 Å². The number of piperidine rings is 1. The summed E-state index contributed by atoms with van der Waals surface area (Å²) in [5.74, 6) is 0.642. The van der Waals surface area contributed by atoms with E-state index >= 15 is 0 Å². The van der Waals surface area contributed by atoms with Crippen molar-refractivity contribution >= 4 is 11.9 Å². The van der Waals surface area contributed by atoms with Crippen LogP contribution in [0.3, 0.4) is 0 Å². The van der Waals surface area contributed by atoms with Crippen molar-refractivity contribution in [3.63, 3.8) is 0 Å². The molecule has 6 nitrogen and oxygen atoms in total. The maximum absolute atomic E-state index is 12.1. The van der Waals surface area contributed by atoms with Gasteiger partial charge < -0.3 is 14.4 Å². The zero-order chi connectivity index (χ0) is 17.5. The molecule has 1 aliphatic rings. The molecule has 2 atom stereocenters. The number of ether oxygens (including phenoxy) is 2. The highest BCUT2D eigenvalue weighted by Gasteiger charge is 2.25. The molecule has 0 N–H and O–H groups in total. The molecule has 0 aromatic heterocycles. The predicted octanol–water partition coefficient (Wildman–Crippen LogP) is 1.98. The molecule has 0 aliphatic carbocycles. The van der Waals surface area contributed by atoms with E-state index in [0.29, 0.717) is 36.2 Å². The molecule has 0 unspecified atom stereocenters. The lowest BCUT2D eigenvalue weighted by Gasteiger charge is -2.34. The number of esters is 1. The summed E-state index contributed by atoms with van der Waals surface area (Å²) in [6, 6.07) is 8.41. The van der Waals surface area contributed by atoms with E-state index in [1.165, 1.54) is 0 Å². The molecular weight excluding hydrogens is 308 g/mol. The SMILES string of the molecule is C[C@H]1C[C@H](C)CN(C(=O)COC(=O)COc2ccc(C#N)cc2)C1. The van der Waals surface area contributed by atoms with Gasteiger partial charge in [-0.15, -0.1) is 0 Å². The third-order valence-electron chi connectivity index (χ3n) is 3.92. The summed E-state index contributed by atoms with van der Waals surface area (Å²) in [6.45, 7) is 5.13. The smallest absolute Gasteiger partial charge is 0.344 e. The van der Waals surface area contributed by atoms with E-state index in [-0.39, 0.29) is 19.1 Å². The molecule has 1 heterocycles. The fourth-order valence-corrected chi connectivity index (χ4v) is 2.91. The molecule has 1 aromatic carbocycles. The summed E-state index contributed by atoms with van der Waals surface area (Å²) >= 11 is 0. The van der Waals surface area contributed by atoms with Crippen LogP contribution in [0, 0.1) is 23.2 Å². The van der Waals surface area contributed by atoms with Crippen molar-refractivity contribution in [1.82, 2.24) is 4.90 Å². The molecule has 128 valence electrons. The molecule has 24 heavy (non-hydrogen) atoms. The highest BCUT2D eigenvalue weighted by atomic mass is 16.6. The van der Waals surface area contributed by atoms with E-state index < -0.39 is 5.97 Å². The van der Waals surface area contributed by atoms with Crippen LogP contribution in [0.5, 0.6) is 5.75 Å². The van der Waals surface area contributed by atoms with E-state index in [1.807, 2.05) is 6.07 Å². The Balaban J connectivity index is 1.72. The van der Waals surface area contributed by atoms with Gasteiger partial charge >= 0.3 is 5.97 Å². The standard InChI is InChI=1S/C18H22N2O4/c1-13-7-14(2)10-20(9-13)17(21)11-24-18(22)12-23-16-5-3-15(8-19)4-6-16/h3-6,13-14H,7,9-12H2,1-2H3/t13-,14-/m0/s1. The molecule has 1 saturated heterocycles. The Bertz CT molecular complexity index is 611. The second-order valence-electron chi connectivity index (χ2n) is 6.33. The largest absolute Gasteiger partial charge is 0.482 e. The molecule has 1 amide bonds. The predicted molar refractivity (Wildman–Crippen MR) is 87.1 cm³/mol. The van der Waals surface area contributed by atoms with Crippen LogP contribution >= 0.6 is 0 Å². The van der Waals surface area contributed by atoms with Gasteiger partial charge in [0.2, 0.25) is 0 Å². The van der Waals surface area contributed by atoms with E-state index in [4.69, 9.17) is 14.7 Å². The quantitative estimate of drug-likeness (QED) is 0.771. The molecule has 0 bridgehead atoms. The van der Waals surface area contributed by atoms with Gasteiger partial charge in [0.05, 0.1) is 11.6 Å². The van der Waals surface area contributed by atoms with E-state index in [0.717, 1.165) is 6.42 Å². The first-order chi connectivity index (χ1) is 11.5. The first-order valence-electron chi connectivity index (χ1n) is 8.04. The summed E-state index contributed by atoms with van der Waals surface area (Å²) in [5.41, 5.74) is 0.514. The van der Waals surface area contributed by atoms with Gasteiger partial charge in [0, 0.05) is 13.1 Å². The fraction of sp³-hybridized carbons (Fsp3) is 0.500. The molecule has 1 aliphatic heterocycles. The highest BCUT2D eigenvalue weighted by Crippen LogP contribution is 2.20. The number of nitrogens with zero attached hydrogens (tertiary/aromatic N) is 2. The summed E-state index contributed by atoms with van der Waals surface area (Å²) in [7, 11) is 0. The van der Waals surface area contributed by atoms with Gasteiger partial charge in [-0.25, -0.2) is 4.79 Å². The highest BCUT2D eigenvalue weighted by molar-refractivity contribution is 5.81. The first kappa shape index (κ1) is 17.8. The minimum Gasteiger partial charge on any atom is -0.482 e. The second kappa shape index (κ2) is 8.34. The van der Waals surface area contributed by atoms with E-state index in [9.17, 15) is 9.59 Å². The average Bonchev–Trinajstić information content (AvgIpc) is 2.57. The van der Waals surface area contributed by atoms with Crippen LogP contribution in [0.25, 0.3) is 0 Å². The van der Waals surface area contributed by atoms with Crippen molar-refractivity contribution in [3.05, 3.63) is 29.8 Å². The van der Waals surface area contributed by atoms with Crippen LogP contribution in [0.1, 0.15) is 25.8 Å². The zero-order valence-corrected chi connectivity index (χ0v) is 14.0. The maximum Gasteiger partial charge on any atom is 0.344 e. The lowest BCUT2D eigenvalue weighted by atomic mass is 9.92. The van der Waals surface area contributed by atoms with Crippen molar-refractivity contribution in [2.75, 3.05) is 26.3 Å². The minimum atomic E-state index is -0.592. The summed E-state index contributed by atoms with van der Waals surface area (Å²) < 4.78 is 10.3. The van der Waals surface area contributed by atoms with Gasteiger partial charge in [0.15, 0.2) is 13.2 Å². The van der Waals surface area contributed by atoms with Crippen LogP contribution in [-0.4, -0.2) is 43.1 Å². The summed E-state index contributed by atoms with van der Waals surface area (Å²) in [6.07, 6.45) is 1.11. The Labute approximate surface area is 142 Å². The number of carbonyl (C=O) groups is 2. The first-order valence-corrected chi connectivity index (χ1v) is 8.04. The Kier molecular flexibility index (Phi) is 6.19. The van der Waals surface area contributed by atoms with Crippen LogP contribution < -0.4 is 4.74 Å². The molecular formula is C18H22N2O4.